The second-order valence-corrected chi connectivity index (χ2v) is 2.21. The van der Waals surface area contributed by atoms with Gasteiger partial charge in [0.2, 0.25) is 0 Å². The van der Waals surface area contributed by atoms with Gasteiger partial charge in [-0.3, -0.25) is 4.79 Å². The quantitative estimate of drug-likeness (QED) is 0.386. The summed E-state index contributed by atoms with van der Waals surface area (Å²) < 4.78 is 28.8. The van der Waals surface area contributed by atoms with Crippen molar-refractivity contribution in [1.29, 1.82) is 0 Å². The van der Waals surface area contributed by atoms with E-state index in [0.717, 1.165) is 11.8 Å². The van der Waals surface area contributed by atoms with Gasteiger partial charge in [-0.15, -0.1) is 0 Å². The number of rotatable bonds is 2. The van der Waals surface area contributed by atoms with Crippen molar-refractivity contribution in [2.45, 2.75) is 6.92 Å². The van der Waals surface area contributed by atoms with Gasteiger partial charge < -0.3 is 9.39 Å². The molecule has 0 atom stereocenters. The Hall–Kier alpha value is -0.660. The predicted molar refractivity (Wildman–Crippen MR) is 24.6 cm³/mol. The van der Waals surface area contributed by atoms with Gasteiger partial charge in [-0.1, -0.05) is 4.89 Å². The zero-order valence-electron chi connectivity index (χ0n) is 4.45. The highest BCUT2D eigenvalue weighted by Crippen LogP contribution is 1.73. The molecule has 9 heavy (non-hydrogen) atoms. The van der Waals surface area contributed by atoms with E-state index >= 15 is 0 Å². The Bertz CT molecular complexity index is 193. The molecule has 0 saturated heterocycles. The first-order chi connectivity index (χ1) is 3.92. The first-order valence-corrected chi connectivity index (χ1v) is 3.22. The van der Waals surface area contributed by atoms with E-state index in [-0.39, 0.29) is 0 Å². The van der Waals surface area contributed by atoms with Crippen molar-refractivity contribution in [3.8, 4) is 0 Å². The molecule has 6 nitrogen and oxygen atoms in total. The largest absolute Gasteiger partial charge is 0.733 e. The Balaban J connectivity index is 3.67. The summed E-state index contributed by atoms with van der Waals surface area (Å²) in [6, 6.07) is 0. The molecule has 0 fully saturated rings. The summed E-state index contributed by atoms with van der Waals surface area (Å²) in [6.45, 7) is 0.957. The van der Waals surface area contributed by atoms with Gasteiger partial charge in [0.1, 0.15) is 0 Å². The highest BCUT2D eigenvalue weighted by atomic mass is 32.2. The minimum Gasteiger partial charge on any atom is -0.733 e. The fourth-order valence-electron chi connectivity index (χ4n) is 0.110. The lowest BCUT2D eigenvalue weighted by Crippen LogP contribution is -2.25. The van der Waals surface area contributed by atoms with Crippen LogP contribution >= 0.6 is 0 Å². The van der Waals surface area contributed by atoms with Gasteiger partial charge in [0.15, 0.2) is 10.3 Å². The van der Waals surface area contributed by atoms with Gasteiger partial charge in [-0.05, 0) is 0 Å². The highest BCUT2D eigenvalue weighted by molar-refractivity contribution is 7.83. The SMILES string of the molecule is CC(=O)ONS(=O)(=O)[O-]. The molecule has 0 aromatic heterocycles. The summed E-state index contributed by atoms with van der Waals surface area (Å²) in [5, 5.41) is 0. The number of hydrogen-bond acceptors (Lipinski definition) is 5. The van der Waals surface area contributed by atoms with Crippen molar-refractivity contribution in [2.24, 2.45) is 0 Å². The Morgan fingerprint density at radius 1 is 1.67 bits per heavy atom. The maximum Gasteiger partial charge on any atom is 0.323 e. The van der Waals surface area contributed by atoms with Crippen LogP contribution in [0, 0.1) is 0 Å². The smallest absolute Gasteiger partial charge is 0.323 e. The molecule has 0 aliphatic heterocycles. The lowest BCUT2D eigenvalue weighted by Gasteiger charge is -2.05. The molecule has 0 aliphatic carbocycles. The Morgan fingerprint density at radius 3 is 2.22 bits per heavy atom. The zero-order valence-corrected chi connectivity index (χ0v) is 5.27. The Labute approximate surface area is 51.6 Å². The van der Waals surface area contributed by atoms with Crippen LogP contribution in [0.2, 0.25) is 0 Å². The maximum atomic E-state index is 9.80. The zero-order chi connectivity index (χ0) is 7.49. The van der Waals surface area contributed by atoms with E-state index in [1.165, 1.54) is 0 Å². The van der Waals surface area contributed by atoms with Crippen LogP contribution in [-0.4, -0.2) is 18.9 Å². The van der Waals surface area contributed by atoms with Crippen molar-refractivity contribution in [2.75, 3.05) is 0 Å². The molecular formula is C2H4NO5S-. The predicted octanol–water partition coefficient (Wildman–Crippen LogP) is -1.49. The van der Waals surface area contributed by atoms with Crippen LogP contribution in [0.3, 0.4) is 0 Å². The van der Waals surface area contributed by atoms with Gasteiger partial charge in [0.05, 0.1) is 0 Å². The number of hydrogen-bond donors (Lipinski definition) is 1. The Morgan fingerprint density at radius 2 is 2.11 bits per heavy atom. The molecule has 0 unspecified atom stereocenters. The van der Waals surface area contributed by atoms with Crippen LogP contribution < -0.4 is 4.89 Å². The fraction of sp³-hybridized carbons (Fsp3) is 0.500. The highest BCUT2D eigenvalue weighted by Gasteiger charge is 1.94. The average Bonchev–Trinajstić information content (AvgIpc) is 1.59. The van der Waals surface area contributed by atoms with Gasteiger partial charge in [-0.25, -0.2) is 8.42 Å². The molecule has 7 heteroatoms. The van der Waals surface area contributed by atoms with Gasteiger partial charge >= 0.3 is 5.97 Å². The monoisotopic (exact) mass is 154 g/mol. The molecule has 0 bridgehead atoms. The fourth-order valence-corrected chi connectivity index (χ4v) is 0.329. The minimum atomic E-state index is -4.66. The third-order valence-electron chi connectivity index (χ3n) is 0.287. The average molecular weight is 154 g/mol. The standard InChI is InChI=1S/C2H5NO5S/c1-2(4)8-3-9(5,6)7/h3H,1H3,(H,5,6,7)/p-1. The second-order valence-electron chi connectivity index (χ2n) is 1.13. The lowest BCUT2D eigenvalue weighted by atomic mass is 10.8. The van der Waals surface area contributed by atoms with E-state index in [1.807, 2.05) is 0 Å². The number of carbonyl (C=O) groups excluding carboxylic acids is 1. The third kappa shape index (κ3) is 7.34. The normalized spacial score (nSPS) is 10.9. The van der Waals surface area contributed by atoms with Gasteiger partial charge in [-0.2, -0.15) is 0 Å². The van der Waals surface area contributed by atoms with E-state index in [9.17, 15) is 17.8 Å². The van der Waals surface area contributed by atoms with Crippen LogP contribution in [0.25, 0.3) is 0 Å². The molecule has 1 N–H and O–H groups in total. The van der Waals surface area contributed by atoms with E-state index < -0.39 is 16.3 Å². The Kier molecular flexibility index (Phi) is 2.56. The van der Waals surface area contributed by atoms with Crippen LogP contribution in [-0.2, 0) is 19.9 Å². The van der Waals surface area contributed by atoms with Crippen molar-refractivity contribution in [3.63, 3.8) is 0 Å². The van der Waals surface area contributed by atoms with Crippen LogP contribution in [0.1, 0.15) is 6.92 Å². The molecule has 0 aliphatic rings. The first-order valence-electron chi connectivity index (χ1n) is 1.82. The molecule has 0 aromatic rings. The summed E-state index contributed by atoms with van der Waals surface area (Å²) in [5.41, 5.74) is 0. The molecule has 0 amide bonds. The molecule has 0 radical (unpaired) electrons. The van der Waals surface area contributed by atoms with Crippen LogP contribution in [0.4, 0.5) is 0 Å². The molecule has 54 valence electrons. The number of carbonyl (C=O) groups is 1. The topological polar surface area (TPSA) is 95.5 Å². The summed E-state index contributed by atoms with van der Waals surface area (Å²) in [6.07, 6.45) is 0. The van der Waals surface area contributed by atoms with Gasteiger partial charge in [0, 0.05) is 6.92 Å². The molecule has 0 spiro atoms. The van der Waals surface area contributed by atoms with E-state index in [2.05, 4.69) is 4.84 Å². The van der Waals surface area contributed by atoms with E-state index in [0.29, 0.717) is 0 Å². The van der Waals surface area contributed by atoms with Crippen LogP contribution in [0.5, 0.6) is 0 Å². The molecular weight excluding hydrogens is 150 g/mol. The summed E-state index contributed by atoms with van der Waals surface area (Å²) in [5.74, 6) is -0.894. The van der Waals surface area contributed by atoms with Crippen molar-refractivity contribution in [1.82, 2.24) is 4.89 Å². The van der Waals surface area contributed by atoms with E-state index in [4.69, 9.17) is 0 Å². The van der Waals surface area contributed by atoms with Crippen molar-refractivity contribution in [3.05, 3.63) is 0 Å². The van der Waals surface area contributed by atoms with Crippen LogP contribution in [0.15, 0.2) is 0 Å². The molecule has 0 aromatic carbocycles. The van der Waals surface area contributed by atoms with E-state index in [1.54, 1.807) is 0 Å². The second kappa shape index (κ2) is 2.76. The van der Waals surface area contributed by atoms with Gasteiger partial charge in [0.25, 0.3) is 0 Å². The molecule has 0 saturated carbocycles. The van der Waals surface area contributed by atoms with Crippen molar-refractivity contribution < 1.29 is 22.6 Å². The molecule has 0 rings (SSSR count). The summed E-state index contributed by atoms with van der Waals surface area (Å²) in [7, 11) is -4.66. The third-order valence-corrected chi connectivity index (χ3v) is 0.575. The lowest BCUT2D eigenvalue weighted by molar-refractivity contribution is -0.144. The number of nitrogens with one attached hydrogen (secondary N) is 1. The molecule has 0 heterocycles. The minimum absolute atomic E-state index is 0.894. The summed E-state index contributed by atoms with van der Waals surface area (Å²) >= 11 is 0. The maximum absolute atomic E-state index is 9.80. The van der Waals surface area contributed by atoms with Crippen molar-refractivity contribution >= 4 is 16.3 Å². The summed E-state index contributed by atoms with van der Waals surface area (Å²) in [4.78, 5) is 14.4. The first kappa shape index (κ1) is 8.34.